The van der Waals surface area contributed by atoms with Crippen molar-refractivity contribution in [3.05, 3.63) is 33.8 Å². The van der Waals surface area contributed by atoms with Crippen LogP contribution in [0.25, 0.3) is 0 Å². The number of halogens is 1. The summed E-state index contributed by atoms with van der Waals surface area (Å²) in [6, 6.07) is 0.611. The predicted octanol–water partition coefficient (Wildman–Crippen LogP) is 3.08. The van der Waals surface area contributed by atoms with E-state index in [1.165, 1.54) is 32.1 Å². The van der Waals surface area contributed by atoms with E-state index < -0.39 is 0 Å². The molecule has 0 amide bonds. The van der Waals surface area contributed by atoms with Gasteiger partial charge >= 0.3 is 0 Å². The van der Waals surface area contributed by atoms with Crippen molar-refractivity contribution in [3.8, 4) is 0 Å². The van der Waals surface area contributed by atoms with E-state index in [2.05, 4.69) is 27.0 Å². The summed E-state index contributed by atoms with van der Waals surface area (Å²) in [5, 5.41) is 10.1. The van der Waals surface area contributed by atoms with Gasteiger partial charge in [-0.3, -0.25) is 4.79 Å². The van der Waals surface area contributed by atoms with Gasteiger partial charge in [-0.15, -0.1) is 0 Å². The van der Waals surface area contributed by atoms with Gasteiger partial charge in [0.2, 0.25) is 0 Å². The van der Waals surface area contributed by atoms with E-state index in [0.29, 0.717) is 12.0 Å². The smallest absolute Gasteiger partial charge is 0.285 e. The zero-order valence-corrected chi connectivity index (χ0v) is 14.2. The lowest BCUT2D eigenvalue weighted by Gasteiger charge is -2.26. The molecule has 1 unspecified atom stereocenters. The lowest BCUT2D eigenvalue weighted by Crippen LogP contribution is -2.31. The third-order valence-electron chi connectivity index (χ3n) is 4.95. The van der Waals surface area contributed by atoms with Crippen LogP contribution in [0.2, 0.25) is 5.02 Å². The number of nitrogens with zero attached hydrogens (tertiary/aromatic N) is 2. The lowest BCUT2D eigenvalue weighted by atomic mass is 9.94. The fourth-order valence-corrected chi connectivity index (χ4v) is 3.97. The number of anilines is 1. The van der Waals surface area contributed by atoms with Gasteiger partial charge in [0.25, 0.3) is 5.56 Å². The first kappa shape index (κ1) is 16.4. The second-order valence-electron chi connectivity index (χ2n) is 6.79. The summed E-state index contributed by atoms with van der Waals surface area (Å²) in [4.78, 5) is 13.7. The molecule has 0 bridgehead atoms. The van der Waals surface area contributed by atoms with E-state index in [-0.39, 0.29) is 10.6 Å². The van der Waals surface area contributed by atoms with Gasteiger partial charge in [-0.2, -0.15) is 5.10 Å². The zero-order chi connectivity index (χ0) is 16.2. The number of aromatic nitrogens is 2. The maximum atomic E-state index is 11.6. The van der Waals surface area contributed by atoms with Crippen LogP contribution in [0.4, 0.5) is 5.69 Å². The van der Waals surface area contributed by atoms with Crippen molar-refractivity contribution >= 4 is 17.3 Å². The fourth-order valence-electron chi connectivity index (χ4n) is 3.76. The Labute approximate surface area is 142 Å². The fraction of sp³-hybridized carbons (Fsp3) is 0.647. The van der Waals surface area contributed by atoms with Crippen LogP contribution in [-0.4, -0.2) is 29.3 Å². The number of hydrogen-bond acceptors (Lipinski definition) is 4. The third-order valence-corrected chi connectivity index (χ3v) is 5.32. The van der Waals surface area contributed by atoms with Crippen molar-refractivity contribution in [2.24, 2.45) is 5.92 Å². The molecule has 6 heteroatoms. The van der Waals surface area contributed by atoms with Gasteiger partial charge < -0.3 is 10.2 Å². The van der Waals surface area contributed by atoms with Crippen LogP contribution in [0.5, 0.6) is 0 Å². The van der Waals surface area contributed by atoms with Crippen molar-refractivity contribution in [1.29, 1.82) is 0 Å². The summed E-state index contributed by atoms with van der Waals surface area (Å²) in [6.07, 6.45) is 10.3. The minimum absolute atomic E-state index is 0.236. The molecule has 0 radical (unpaired) electrons. The van der Waals surface area contributed by atoms with Gasteiger partial charge in [0.15, 0.2) is 0 Å². The van der Waals surface area contributed by atoms with E-state index in [9.17, 15) is 4.79 Å². The number of allylic oxidation sites excluding steroid dienone is 1. The molecule has 2 N–H and O–H groups in total. The molecular weight excluding hydrogens is 312 g/mol. The van der Waals surface area contributed by atoms with Crippen molar-refractivity contribution in [2.75, 3.05) is 18.0 Å². The van der Waals surface area contributed by atoms with Crippen LogP contribution in [-0.2, 0) is 0 Å². The molecule has 2 heterocycles. The Morgan fingerprint density at radius 3 is 2.96 bits per heavy atom. The largest absolute Gasteiger partial charge is 0.386 e. The van der Waals surface area contributed by atoms with E-state index in [1.54, 1.807) is 6.20 Å². The Hall–Kier alpha value is -1.49. The minimum Gasteiger partial charge on any atom is -0.386 e. The molecule has 0 spiro atoms. The first-order valence-corrected chi connectivity index (χ1v) is 8.93. The first-order chi connectivity index (χ1) is 11.1. The minimum atomic E-state index is -0.323. The van der Waals surface area contributed by atoms with E-state index in [1.807, 2.05) is 0 Å². The monoisotopic (exact) mass is 336 g/mol. The van der Waals surface area contributed by atoms with Crippen LogP contribution in [0.15, 0.2) is 23.3 Å². The standard InChI is InChI=1S/C17H25ClN4O/c1-12(20-14-5-3-2-4-6-14)9-13-7-8-22(11-13)15-10-19-21-17(23)16(15)18/h10,13-14,20H,1-9,11H2,(H,21,23). The summed E-state index contributed by atoms with van der Waals surface area (Å²) >= 11 is 6.10. The third kappa shape index (κ3) is 4.08. The molecule has 2 aliphatic rings. The lowest BCUT2D eigenvalue weighted by molar-refractivity contribution is 0.387. The molecular formula is C17H25ClN4O. The first-order valence-electron chi connectivity index (χ1n) is 8.56. The van der Waals surface area contributed by atoms with Gasteiger partial charge in [-0.25, -0.2) is 5.10 Å². The number of nitrogens with one attached hydrogen (secondary N) is 2. The van der Waals surface area contributed by atoms with Gasteiger partial charge in [0.1, 0.15) is 5.02 Å². The molecule has 23 heavy (non-hydrogen) atoms. The molecule has 1 atom stereocenters. The maximum Gasteiger partial charge on any atom is 0.285 e. The van der Waals surface area contributed by atoms with E-state index >= 15 is 0 Å². The number of rotatable bonds is 5. The summed E-state index contributed by atoms with van der Waals surface area (Å²) in [7, 11) is 0. The molecule has 1 aromatic heterocycles. The molecule has 1 aromatic rings. The molecule has 3 rings (SSSR count). The topological polar surface area (TPSA) is 61.0 Å². The molecule has 126 valence electrons. The number of aromatic amines is 1. The molecule has 5 nitrogen and oxygen atoms in total. The average Bonchev–Trinajstić information content (AvgIpc) is 2.99. The van der Waals surface area contributed by atoms with Crippen LogP contribution in [0.1, 0.15) is 44.9 Å². The van der Waals surface area contributed by atoms with Crippen LogP contribution >= 0.6 is 11.6 Å². The average molecular weight is 337 g/mol. The van der Waals surface area contributed by atoms with Gasteiger partial charge in [0, 0.05) is 24.8 Å². The molecule has 1 saturated heterocycles. The Bertz CT molecular complexity index is 609. The van der Waals surface area contributed by atoms with Crippen LogP contribution in [0.3, 0.4) is 0 Å². The molecule has 1 aliphatic heterocycles. The molecule has 0 aromatic carbocycles. The normalized spacial score (nSPS) is 22.3. The molecule has 1 saturated carbocycles. The Morgan fingerprint density at radius 1 is 1.39 bits per heavy atom. The Balaban J connectivity index is 1.52. The van der Waals surface area contributed by atoms with Crippen LogP contribution < -0.4 is 15.8 Å². The number of hydrogen-bond donors (Lipinski definition) is 2. The Morgan fingerprint density at radius 2 is 2.17 bits per heavy atom. The maximum absolute atomic E-state index is 11.6. The van der Waals surface area contributed by atoms with Gasteiger partial charge in [-0.1, -0.05) is 37.4 Å². The van der Waals surface area contributed by atoms with E-state index in [0.717, 1.165) is 37.3 Å². The van der Waals surface area contributed by atoms with Crippen molar-refractivity contribution in [3.63, 3.8) is 0 Å². The summed E-state index contributed by atoms with van der Waals surface area (Å²) < 4.78 is 0. The van der Waals surface area contributed by atoms with Crippen LogP contribution in [0, 0.1) is 5.92 Å². The van der Waals surface area contributed by atoms with E-state index in [4.69, 9.17) is 11.6 Å². The Kier molecular flexibility index (Phi) is 5.26. The predicted molar refractivity (Wildman–Crippen MR) is 94.0 cm³/mol. The second-order valence-corrected chi connectivity index (χ2v) is 7.16. The van der Waals surface area contributed by atoms with Gasteiger partial charge in [0.05, 0.1) is 11.9 Å². The van der Waals surface area contributed by atoms with Crippen molar-refractivity contribution in [2.45, 2.75) is 51.0 Å². The van der Waals surface area contributed by atoms with Crippen molar-refractivity contribution < 1.29 is 0 Å². The summed E-state index contributed by atoms with van der Waals surface area (Å²) in [5.41, 5.74) is 1.57. The summed E-state index contributed by atoms with van der Waals surface area (Å²) in [6.45, 7) is 6.03. The van der Waals surface area contributed by atoms with Gasteiger partial charge in [-0.05, 0) is 31.6 Å². The summed E-state index contributed by atoms with van der Waals surface area (Å²) in [5.74, 6) is 0.550. The highest BCUT2D eigenvalue weighted by Crippen LogP contribution is 2.30. The quantitative estimate of drug-likeness (QED) is 0.867. The highest BCUT2D eigenvalue weighted by molar-refractivity contribution is 6.33. The zero-order valence-electron chi connectivity index (χ0n) is 13.5. The SMILES string of the molecule is C=C(CC1CCN(c2cn[nH]c(=O)c2Cl)C1)NC1CCCCC1. The highest BCUT2D eigenvalue weighted by atomic mass is 35.5. The highest BCUT2D eigenvalue weighted by Gasteiger charge is 2.26. The molecule has 1 aliphatic carbocycles. The van der Waals surface area contributed by atoms with Crippen molar-refractivity contribution in [1.82, 2.24) is 15.5 Å². The molecule has 2 fully saturated rings. The second kappa shape index (κ2) is 7.39. The number of H-pyrrole nitrogens is 1.